The molecule has 1 unspecified atom stereocenters. The van der Waals surface area contributed by atoms with Crippen molar-refractivity contribution in [2.75, 3.05) is 0 Å². The lowest BCUT2D eigenvalue weighted by atomic mass is 9.67. The van der Waals surface area contributed by atoms with E-state index in [1.165, 1.54) is 0 Å². The first-order valence-corrected chi connectivity index (χ1v) is 7.73. The zero-order valence-electron chi connectivity index (χ0n) is 12.4. The van der Waals surface area contributed by atoms with Crippen LogP contribution in [-0.4, -0.2) is 5.11 Å². The second-order valence-electron chi connectivity index (χ2n) is 6.46. The number of hydrogen-bond acceptors (Lipinski definition) is 2. The van der Waals surface area contributed by atoms with Gasteiger partial charge in [-0.05, 0) is 54.0 Å². The van der Waals surface area contributed by atoms with E-state index in [2.05, 4.69) is 19.1 Å². The van der Waals surface area contributed by atoms with Crippen molar-refractivity contribution in [2.45, 2.75) is 38.7 Å². The van der Waals surface area contributed by atoms with Gasteiger partial charge in [-0.3, -0.25) is 0 Å². The highest BCUT2D eigenvalue weighted by Crippen LogP contribution is 2.47. The van der Waals surface area contributed by atoms with E-state index in [9.17, 15) is 10.4 Å². The van der Waals surface area contributed by atoms with Gasteiger partial charge in [-0.25, -0.2) is 0 Å². The molecule has 0 aliphatic heterocycles. The Bertz CT molecular complexity index is 677. The smallest absolute Gasteiger partial charge is 0.0976 e. The Kier molecular flexibility index (Phi) is 3.69. The maximum Gasteiger partial charge on any atom is 0.0976 e. The SMILES string of the molecule is CC1CCC(C#N)(C(O)c2ccc3ccccc3c2)CC1. The van der Waals surface area contributed by atoms with E-state index in [-0.39, 0.29) is 0 Å². The van der Waals surface area contributed by atoms with Gasteiger partial charge in [0.15, 0.2) is 0 Å². The molecule has 0 aromatic heterocycles. The topological polar surface area (TPSA) is 44.0 Å². The van der Waals surface area contributed by atoms with Gasteiger partial charge in [-0.15, -0.1) is 0 Å². The van der Waals surface area contributed by atoms with Crippen molar-refractivity contribution in [3.05, 3.63) is 48.0 Å². The van der Waals surface area contributed by atoms with Gasteiger partial charge in [-0.2, -0.15) is 5.26 Å². The van der Waals surface area contributed by atoms with Crippen LogP contribution in [0.5, 0.6) is 0 Å². The summed E-state index contributed by atoms with van der Waals surface area (Å²) in [5, 5.41) is 22.8. The number of benzene rings is 2. The molecule has 108 valence electrons. The Morgan fingerprint density at radius 3 is 2.48 bits per heavy atom. The van der Waals surface area contributed by atoms with Gasteiger partial charge in [-0.1, -0.05) is 43.3 Å². The first kappa shape index (κ1) is 14.1. The number of nitrogens with zero attached hydrogens (tertiary/aromatic N) is 1. The molecule has 2 aromatic rings. The van der Waals surface area contributed by atoms with Crippen LogP contribution in [0.25, 0.3) is 10.8 Å². The molecule has 2 nitrogen and oxygen atoms in total. The van der Waals surface area contributed by atoms with Crippen molar-refractivity contribution in [3.8, 4) is 6.07 Å². The molecule has 0 spiro atoms. The van der Waals surface area contributed by atoms with E-state index in [4.69, 9.17) is 0 Å². The average Bonchev–Trinajstić information content (AvgIpc) is 2.55. The largest absolute Gasteiger partial charge is 0.387 e. The third kappa shape index (κ3) is 2.54. The number of rotatable bonds is 2. The molecule has 21 heavy (non-hydrogen) atoms. The highest BCUT2D eigenvalue weighted by Gasteiger charge is 2.41. The Labute approximate surface area is 126 Å². The van der Waals surface area contributed by atoms with Crippen LogP contribution in [0.4, 0.5) is 0 Å². The van der Waals surface area contributed by atoms with Crippen molar-refractivity contribution in [2.24, 2.45) is 11.3 Å². The van der Waals surface area contributed by atoms with Crippen LogP contribution in [-0.2, 0) is 0 Å². The van der Waals surface area contributed by atoms with Gasteiger partial charge in [0.2, 0.25) is 0 Å². The third-order valence-electron chi connectivity index (χ3n) is 5.00. The van der Waals surface area contributed by atoms with Crippen molar-refractivity contribution in [1.82, 2.24) is 0 Å². The maximum atomic E-state index is 10.8. The summed E-state index contributed by atoms with van der Waals surface area (Å²) in [5.74, 6) is 0.662. The Balaban J connectivity index is 1.95. The highest BCUT2D eigenvalue weighted by atomic mass is 16.3. The summed E-state index contributed by atoms with van der Waals surface area (Å²) in [7, 11) is 0. The molecule has 2 aromatic carbocycles. The fourth-order valence-electron chi connectivity index (χ4n) is 3.42. The minimum absolute atomic E-state index is 0.616. The molecule has 1 saturated carbocycles. The van der Waals surface area contributed by atoms with Gasteiger partial charge < -0.3 is 5.11 Å². The summed E-state index contributed by atoms with van der Waals surface area (Å²) in [6, 6.07) is 16.6. The summed E-state index contributed by atoms with van der Waals surface area (Å²) in [4.78, 5) is 0. The predicted octanol–water partition coefficient (Wildman–Crippen LogP) is 4.59. The Morgan fingerprint density at radius 1 is 1.14 bits per heavy atom. The Hall–Kier alpha value is -1.85. The summed E-state index contributed by atoms with van der Waals surface area (Å²) >= 11 is 0. The minimum atomic E-state index is -0.695. The van der Waals surface area contributed by atoms with Crippen LogP contribution in [0, 0.1) is 22.7 Å². The monoisotopic (exact) mass is 279 g/mol. The van der Waals surface area contributed by atoms with Gasteiger partial charge in [0.05, 0.1) is 17.6 Å². The molecule has 0 heterocycles. The van der Waals surface area contributed by atoms with Gasteiger partial charge in [0.1, 0.15) is 0 Å². The van der Waals surface area contributed by atoms with Crippen LogP contribution < -0.4 is 0 Å². The van der Waals surface area contributed by atoms with E-state index in [0.717, 1.165) is 42.0 Å². The molecule has 0 saturated heterocycles. The summed E-state index contributed by atoms with van der Waals surface area (Å²) in [6.45, 7) is 2.23. The zero-order chi connectivity index (χ0) is 14.9. The third-order valence-corrected chi connectivity index (χ3v) is 5.00. The number of hydrogen-bond donors (Lipinski definition) is 1. The maximum absolute atomic E-state index is 10.8. The lowest BCUT2D eigenvalue weighted by Gasteiger charge is -2.37. The second-order valence-corrected chi connectivity index (χ2v) is 6.46. The van der Waals surface area contributed by atoms with Crippen LogP contribution in [0.2, 0.25) is 0 Å². The van der Waals surface area contributed by atoms with E-state index in [1.54, 1.807) is 0 Å². The van der Waals surface area contributed by atoms with E-state index < -0.39 is 11.5 Å². The summed E-state index contributed by atoms with van der Waals surface area (Å²) in [5.41, 5.74) is 0.249. The standard InChI is InChI=1S/C19H21NO/c1-14-8-10-19(13-20,11-9-14)18(21)17-7-6-15-4-2-3-5-16(15)12-17/h2-7,12,14,18,21H,8-11H2,1H3. The normalized spacial score (nSPS) is 27.2. The van der Waals surface area contributed by atoms with Crippen LogP contribution in [0.1, 0.15) is 44.3 Å². The van der Waals surface area contributed by atoms with Crippen molar-refractivity contribution in [3.63, 3.8) is 0 Å². The predicted molar refractivity (Wildman–Crippen MR) is 84.6 cm³/mol. The first-order chi connectivity index (χ1) is 10.1. The van der Waals surface area contributed by atoms with Gasteiger partial charge >= 0.3 is 0 Å². The number of nitriles is 1. The zero-order valence-corrected chi connectivity index (χ0v) is 12.4. The highest BCUT2D eigenvalue weighted by molar-refractivity contribution is 5.83. The second kappa shape index (κ2) is 5.50. The van der Waals surface area contributed by atoms with Gasteiger partial charge in [0.25, 0.3) is 0 Å². The van der Waals surface area contributed by atoms with Crippen LogP contribution >= 0.6 is 0 Å². The molecule has 1 N–H and O–H groups in total. The summed E-state index contributed by atoms with van der Waals surface area (Å²) in [6.07, 6.45) is 2.94. The van der Waals surface area contributed by atoms with Crippen LogP contribution in [0.3, 0.4) is 0 Å². The molecule has 0 amide bonds. The minimum Gasteiger partial charge on any atom is -0.387 e. The van der Waals surface area contributed by atoms with Crippen molar-refractivity contribution < 1.29 is 5.11 Å². The molecular weight excluding hydrogens is 258 g/mol. The molecule has 1 atom stereocenters. The molecule has 1 fully saturated rings. The summed E-state index contributed by atoms with van der Waals surface area (Å²) < 4.78 is 0. The quantitative estimate of drug-likeness (QED) is 0.873. The van der Waals surface area contributed by atoms with Crippen LogP contribution in [0.15, 0.2) is 42.5 Å². The van der Waals surface area contributed by atoms with E-state index >= 15 is 0 Å². The van der Waals surface area contributed by atoms with Crippen molar-refractivity contribution >= 4 is 10.8 Å². The molecular formula is C19H21NO. The number of aliphatic hydroxyl groups is 1. The lowest BCUT2D eigenvalue weighted by Crippen LogP contribution is -2.32. The fourth-order valence-corrected chi connectivity index (χ4v) is 3.42. The number of aliphatic hydroxyl groups excluding tert-OH is 1. The van der Waals surface area contributed by atoms with Crippen molar-refractivity contribution in [1.29, 1.82) is 5.26 Å². The van der Waals surface area contributed by atoms with E-state index in [1.807, 2.05) is 36.4 Å². The molecule has 0 bridgehead atoms. The van der Waals surface area contributed by atoms with E-state index in [0.29, 0.717) is 5.92 Å². The molecule has 1 aliphatic rings. The Morgan fingerprint density at radius 2 is 1.81 bits per heavy atom. The molecule has 0 radical (unpaired) electrons. The van der Waals surface area contributed by atoms with Gasteiger partial charge in [0, 0.05) is 0 Å². The average molecular weight is 279 g/mol. The molecule has 1 aliphatic carbocycles. The fraction of sp³-hybridized carbons (Fsp3) is 0.421. The molecule has 2 heteroatoms. The lowest BCUT2D eigenvalue weighted by molar-refractivity contribution is 0.0267. The number of fused-ring (bicyclic) bond motifs is 1. The first-order valence-electron chi connectivity index (χ1n) is 7.73. The molecule has 3 rings (SSSR count).